The van der Waals surface area contributed by atoms with Crippen LogP contribution in [0.3, 0.4) is 0 Å². The van der Waals surface area contributed by atoms with Crippen LogP contribution in [-0.4, -0.2) is 25.8 Å². The summed E-state index contributed by atoms with van der Waals surface area (Å²) in [5, 5.41) is 2.86. The number of halogens is 2. The highest BCUT2D eigenvalue weighted by Crippen LogP contribution is 2.20. The Morgan fingerprint density at radius 2 is 2.19 bits per heavy atom. The summed E-state index contributed by atoms with van der Waals surface area (Å²) in [4.78, 5) is 27.3. The van der Waals surface area contributed by atoms with Crippen LogP contribution in [0.25, 0.3) is 11.2 Å². The van der Waals surface area contributed by atoms with Crippen molar-refractivity contribution in [3.63, 3.8) is 0 Å². The van der Waals surface area contributed by atoms with Gasteiger partial charge in [0.25, 0.3) is 5.91 Å². The van der Waals surface area contributed by atoms with E-state index in [9.17, 15) is 4.79 Å². The van der Waals surface area contributed by atoms with E-state index < -0.39 is 0 Å². The van der Waals surface area contributed by atoms with Crippen LogP contribution in [0.1, 0.15) is 15.9 Å². The molecule has 0 atom stereocenters. The number of fused-ring (bicyclic) bond motifs is 1. The van der Waals surface area contributed by atoms with E-state index in [1.165, 1.54) is 6.33 Å². The summed E-state index contributed by atoms with van der Waals surface area (Å²) in [5.74, 6) is -0.157. The van der Waals surface area contributed by atoms with Gasteiger partial charge in [-0.15, -0.1) is 0 Å². The quantitative estimate of drug-likeness (QED) is 0.499. The lowest BCUT2D eigenvalue weighted by Gasteiger charge is -2.07. The number of anilines is 1. The molecule has 0 radical (unpaired) electrons. The number of nitrogens with one attached hydrogen (secondary N) is 2. The number of amides is 1. The lowest BCUT2D eigenvalue weighted by molar-refractivity contribution is 0.102. The first kappa shape index (κ1) is 14.2. The zero-order valence-corrected chi connectivity index (χ0v) is 13.7. The van der Waals surface area contributed by atoms with Crippen LogP contribution in [0.5, 0.6) is 0 Å². The maximum atomic E-state index is 12.3. The van der Waals surface area contributed by atoms with Crippen LogP contribution in [0.2, 0.25) is 5.15 Å². The first-order chi connectivity index (χ1) is 10.1. The van der Waals surface area contributed by atoms with Crippen LogP contribution in [0.15, 0.2) is 24.5 Å². The molecule has 0 saturated heterocycles. The van der Waals surface area contributed by atoms with E-state index in [0.29, 0.717) is 16.7 Å². The minimum atomic E-state index is -0.283. The fraction of sp³-hybridized carbons (Fsp3) is 0.0769. The second kappa shape index (κ2) is 5.57. The van der Waals surface area contributed by atoms with Gasteiger partial charge < -0.3 is 4.98 Å². The highest BCUT2D eigenvalue weighted by atomic mass is 127. The van der Waals surface area contributed by atoms with E-state index in [1.54, 1.807) is 6.07 Å². The van der Waals surface area contributed by atoms with Crippen LogP contribution in [0, 0.1) is 10.5 Å². The average Bonchev–Trinajstić information content (AvgIpc) is 2.90. The topological polar surface area (TPSA) is 83.6 Å². The van der Waals surface area contributed by atoms with Crippen molar-refractivity contribution in [1.82, 2.24) is 19.9 Å². The number of aryl methyl sites for hydroxylation is 1. The van der Waals surface area contributed by atoms with Gasteiger partial charge in [-0.2, -0.15) is 9.97 Å². The van der Waals surface area contributed by atoms with E-state index in [1.807, 2.05) is 19.1 Å². The molecule has 8 heteroatoms. The summed E-state index contributed by atoms with van der Waals surface area (Å²) >= 11 is 8.15. The zero-order valence-electron chi connectivity index (χ0n) is 10.8. The molecular formula is C13H9ClIN5O. The summed E-state index contributed by atoms with van der Waals surface area (Å²) in [6.07, 6.45) is 1.47. The van der Waals surface area contributed by atoms with E-state index in [0.717, 1.165) is 9.13 Å². The Labute approximate surface area is 138 Å². The van der Waals surface area contributed by atoms with Gasteiger partial charge in [-0.1, -0.05) is 23.7 Å². The zero-order chi connectivity index (χ0) is 15.0. The molecule has 0 aliphatic heterocycles. The minimum absolute atomic E-state index is 0.127. The molecule has 1 amide bonds. The van der Waals surface area contributed by atoms with Crippen LogP contribution in [-0.2, 0) is 0 Å². The second-order valence-corrected chi connectivity index (χ2v) is 5.77. The predicted molar refractivity (Wildman–Crippen MR) is 88.5 cm³/mol. The van der Waals surface area contributed by atoms with Crippen molar-refractivity contribution in [2.24, 2.45) is 0 Å². The van der Waals surface area contributed by atoms with Crippen molar-refractivity contribution in [3.8, 4) is 0 Å². The molecule has 0 spiro atoms. The average molecular weight is 414 g/mol. The van der Waals surface area contributed by atoms with Gasteiger partial charge in [0.2, 0.25) is 5.95 Å². The number of hydrogen-bond acceptors (Lipinski definition) is 4. The number of carbonyl (C=O) groups excluding carboxylic acids is 1. The molecule has 0 fully saturated rings. The Morgan fingerprint density at radius 3 is 3.00 bits per heavy atom. The summed E-state index contributed by atoms with van der Waals surface area (Å²) < 4.78 is 0.888. The van der Waals surface area contributed by atoms with E-state index in [-0.39, 0.29) is 17.0 Å². The van der Waals surface area contributed by atoms with Crippen molar-refractivity contribution in [1.29, 1.82) is 0 Å². The maximum absolute atomic E-state index is 12.3. The Hall–Kier alpha value is -1.74. The molecule has 3 aromatic rings. The Kier molecular flexibility index (Phi) is 3.77. The minimum Gasteiger partial charge on any atom is -0.341 e. The molecule has 3 rings (SSSR count). The number of hydrogen-bond donors (Lipinski definition) is 2. The third-order valence-electron chi connectivity index (χ3n) is 2.90. The fourth-order valence-corrected chi connectivity index (χ4v) is 2.67. The molecule has 0 unspecified atom stereocenters. The first-order valence-electron chi connectivity index (χ1n) is 5.99. The lowest BCUT2D eigenvalue weighted by Crippen LogP contribution is -2.16. The van der Waals surface area contributed by atoms with E-state index in [4.69, 9.17) is 11.6 Å². The summed E-state index contributed by atoms with van der Waals surface area (Å²) in [7, 11) is 0. The molecule has 2 aromatic heterocycles. The maximum Gasteiger partial charge on any atom is 0.259 e. The van der Waals surface area contributed by atoms with Crippen molar-refractivity contribution >= 4 is 57.2 Å². The number of rotatable bonds is 2. The summed E-state index contributed by atoms with van der Waals surface area (Å²) in [6, 6.07) is 5.53. The smallest absolute Gasteiger partial charge is 0.259 e. The number of nitrogens with zero attached hydrogens (tertiary/aromatic N) is 3. The molecule has 0 aliphatic rings. The van der Waals surface area contributed by atoms with Gasteiger partial charge in [-0.25, -0.2) is 4.98 Å². The first-order valence-corrected chi connectivity index (χ1v) is 7.45. The number of aromatic nitrogens is 4. The Balaban J connectivity index is 1.94. The van der Waals surface area contributed by atoms with Crippen molar-refractivity contribution in [2.45, 2.75) is 6.92 Å². The second-order valence-electron chi connectivity index (χ2n) is 4.33. The number of carbonyl (C=O) groups is 1. The molecule has 0 bridgehead atoms. The van der Waals surface area contributed by atoms with Gasteiger partial charge in [-0.05, 0) is 41.1 Å². The number of imidazole rings is 1. The summed E-state index contributed by atoms with van der Waals surface area (Å²) in [6.45, 7) is 1.95. The van der Waals surface area contributed by atoms with Gasteiger partial charge in [0, 0.05) is 3.57 Å². The highest BCUT2D eigenvalue weighted by molar-refractivity contribution is 14.1. The molecule has 6 nitrogen and oxygen atoms in total. The van der Waals surface area contributed by atoms with Gasteiger partial charge >= 0.3 is 0 Å². The molecule has 0 aliphatic carbocycles. The predicted octanol–water partition coefficient (Wildman–Crippen LogP) is 3.17. The fourth-order valence-electron chi connectivity index (χ4n) is 1.85. The van der Waals surface area contributed by atoms with Crippen molar-refractivity contribution in [3.05, 3.63) is 44.4 Å². The van der Waals surface area contributed by atoms with Gasteiger partial charge in [0.05, 0.1) is 11.9 Å². The van der Waals surface area contributed by atoms with Crippen LogP contribution in [0.4, 0.5) is 5.95 Å². The monoisotopic (exact) mass is 413 g/mol. The van der Waals surface area contributed by atoms with Crippen LogP contribution < -0.4 is 5.32 Å². The van der Waals surface area contributed by atoms with Gasteiger partial charge in [-0.3, -0.25) is 10.1 Å². The molecule has 106 valence electrons. The largest absolute Gasteiger partial charge is 0.341 e. The Morgan fingerprint density at radius 1 is 1.38 bits per heavy atom. The number of benzene rings is 1. The van der Waals surface area contributed by atoms with Crippen molar-refractivity contribution < 1.29 is 4.79 Å². The molecule has 0 saturated carbocycles. The third kappa shape index (κ3) is 2.70. The lowest BCUT2D eigenvalue weighted by atomic mass is 10.1. The highest BCUT2D eigenvalue weighted by Gasteiger charge is 2.14. The standard InChI is InChI=1S/C13H9ClIN5O/c1-6-3-2-4-7(8(6)15)12(21)20-13-18-10(14)9-11(19-13)17-5-16-9/h2-5H,1H3,(H2,16,17,18,19,20,21). The van der Waals surface area contributed by atoms with Gasteiger partial charge in [0.1, 0.15) is 5.52 Å². The van der Waals surface area contributed by atoms with Gasteiger partial charge in [0.15, 0.2) is 10.8 Å². The molecule has 1 aromatic carbocycles. The van der Waals surface area contributed by atoms with Crippen molar-refractivity contribution in [2.75, 3.05) is 5.32 Å². The molecule has 2 heterocycles. The number of H-pyrrole nitrogens is 1. The molecule has 2 N–H and O–H groups in total. The van der Waals surface area contributed by atoms with Crippen LogP contribution >= 0.6 is 34.2 Å². The third-order valence-corrected chi connectivity index (χ3v) is 4.61. The molecule has 21 heavy (non-hydrogen) atoms. The van der Waals surface area contributed by atoms with E-state index in [2.05, 4.69) is 47.8 Å². The SMILES string of the molecule is Cc1cccc(C(=O)Nc2nc(Cl)c3[nH]cnc3n2)c1I. The Bertz CT molecular complexity index is 848. The van der Waals surface area contributed by atoms with E-state index >= 15 is 0 Å². The summed E-state index contributed by atoms with van der Waals surface area (Å²) in [5.41, 5.74) is 2.55. The normalized spacial score (nSPS) is 10.8. The number of aromatic amines is 1. The molecular weight excluding hydrogens is 405 g/mol.